The molecule has 1 aliphatic heterocycles. The van der Waals surface area contributed by atoms with Gasteiger partial charge < -0.3 is 10.6 Å². The number of carbonyl (C=O) groups excluding carboxylic acids is 2. The van der Waals surface area contributed by atoms with Crippen LogP contribution in [0.4, 0.5) is 5.69 Å². The van der Waals surface area contributed by atoms with Crippen LogP contribution in [0.5, 0.6) is 0 Å². The molecule has 0 unspecified atom stereocenters. The van der Waals surface area contributed by atoms with E-state index >= 15 is 0 Å². The number of anilines is 1. The van der Waals surface area contributed by atoms with E-state index in [0.29, 0.717) is 29.9 Å². The van der Waals surface area contributed by atoms with Crippen LogP contribution in [0.15, 0.2) is 24.3 Å². The largest absolute Gasteiger partial charge is 0.353 e. The van der Waals surface area contributed by atoms with Gasteiger partial charge in [0, 0.05) is 23.2 Å². The Morgan fingerprint density at radius 1 is 1.04 bits per heavy atom. The highest BCUT2D eigenvalue weighted by Crippen LogP contribution is 2.22. The summed E-state index contributed by atoms with van der Waals surface area (Å²) in [5.41, 5.74) is 0.724. The Hall–Kier alpha value is -1.59. The first kappa shape index (κ1) is 20.2. The third kappa shape index (κ3) is 6.82. The fourth-order valence-corrected chi connectivity index (χ4v) is 4.30. The van der Waals surface area contributed by atoms with Gasteiger partial charge in [0.2, 0.25) is 11.8 Å². The summed E-state index contributed by atoms with van der Waals surface area (Å²) in [7, 11) is 0. The fraction of sp³-hybridized carbons (Fsp3) is 0.619. The van der Waals surface area contributed by atoms with Crippen LogP contribution < -0.4 is 10.6 Å². The molecule has 148 valence electrons. The number of hydrogen-bond acceptors (Lipinski definition) is 3. The summed E-state index contributed by atoms with van der Waals surface area (Å²) in [6.45, 7) is 2.11. The molecule has 0 bridgehead atoms. The van der Waals surface area contributed by atoms with E-state index in [4.69, 9.17) is 11.6 Å². The third-order valence-corrected chi connectivity index (χ3v) is 5.86. The topological polar surface area (TPSA) is 61.4 Å². The summed E-state index contributed by atoms with van der Waals surface area (Å²) < 4.78 is 0. The molecule has 1 aromatic carbocycles. The van der Waals surface area contributed by atoms with Gasteiger partial charge in [-0.05, 0) is 62.9 Å². The first-order chi connectivity index (χ1) is 13.1. The van der Waals surface area contributed by atoms with Crippen LogP contribution in [-0.4, -0.2) is 42.4 Å². The van der Waals surface area contributed by atoms with E-state index < -0.39 is 0 Å². The number of nitrogens with one attached hydrogen (secondary N) is 2. The summed E-state index contributed by atoms with van der Waals surface area (Å²) in [6.07, 6.45) is 8.61. The maximum Gasteiger partial charge on any atom is 0.238 e. The summed E-state index contributed by atoms with van der Waals surface area (Å²) in [6, 6.07) is 7.58. The van der Waals surface area contributed by atoms with Crippen molar-refractivity contribution in [3.8, 4) is 0 Å². The molecule has 2 amide bonds. The maximum absolute atomic E-state index is 12.3. The molecule has 2 fully saturated rings. The van der Waals surface area contributed by atoms with Gasteiger partial charge in [-0.15, -0.1) is 0 Å². The first-order valence-corrected chi connectivity index (χ1v) is 10.5. The molecule has 1 aromatic rings. The van der Waals surface area contributed by atoms with Gasteiger partial charge in [0.15, 0.2) is 0 Å². The van der Waals surface area contributed by atoms with E-state index in [0.717, 1.165) is 44.5 Å². The average molecular weight is 392 g/mol. The lowest BCUT2D eigenvalue weighted by Gasteiger charge is -2.31. The van der Waals surface area contributed by atoms with Crippen molar-refractivity contribution in [3.63, 3.8) is 0 Å². The summed E-state index contributed by atoms with van der Waals surface area (Å²) in [5, 5.41) is 6.71. The molecule has 0 atom stereocenters. The van der Waals surface area contributed by atoms with Gasteiger partial charge in [0.1, 0.15) is 0 Å². The number of amides is 2. The van der Waals surface area contributed by atoms with Gasteiger partial charge in [0.25, 0.3) is 0 Å². The first-order valence-electron chi connectivity index (χ1n) is 10.2. The molecular formula is C21H30ClN3O2. The summed E-state index contributed by atoms with van der Waals surface area (Å²) in [5.74, 6) is 0.616. The number of carbonyl (C=O) groups is 2. The van der Waals surface area contributed by atoms with Gasteiger partial charge >= 0.3 is 0 Å². The number of hydrogen-bond donors (Lipinski definition) is 2. The Balaban J connectivity index is 1.34. The molecule has 0 radical (unpaired) electrons. The van der Waals surface area contributed by atoms with E-state index in [2.05, 4.69) is 15.5 Å². The monoisotopic (exact) mass is 391 g/mol. The number of likely N-dealkylation sites (tertiary alicyclic amines) is 1. The number of halogens is 1. The predicted molar refractivity (Wildman–Crippen MR) is 109 cm³/mol. The SMILES string of the molecule is O=C(CN1CCC(CC(=O)NC2CCCCC2)CC1)Nc1cccc(Cl)c1. The van der Waals surface area contributed by atoms with Crippen LogP contribution in [-0.2, 0) is 9.59 Å². The van der Waals surface area contributed by atoms with Crippen molar-refractivity contribution in [2.75, 3.05) is 25.0 Å². The Morgan fingerprint density at radius 3 is 2.48 bits per heavy atom. The van der Waals surface area contributed by atoms with Gasteiger partial charge in [-0.1, -0.05) is 36.9 Å². The molecular weight excluding hydrogens is 362 g/mol. The van der Waals surface area contributed by atoms with E-state index in [-0.39, 0.29) is 11.8 Å². The second-order valence-electron chi connectivity index (χ2n) is 7.88. The van der Waals surface area contributed by atoms with Crippen LogP contribution >= 0.6 is 11.6 Å². The molecule has 1 saturated carbocycles. The van der Waals surface area contributed by atoms with E-state index in [1.54, 1.807) is 12.1 Å². The molecule has 2 N–H and O–H groups in total. The minimum Gasteiger partial charge on any atom is -0.353 e. The fourth-order valence-electron chi connectivity index (χ4n) is 4.11. The van der Waals surface area contributed by atoms with Crippen molar-refractivity contribution in [1.29, 1.82) is 0 Å². The zero-order chi connectivity index (χ0) is 19.1. The number of benzene rings is 1. The van der Waals surface area contributed by atoms with Crippen molar-refractivity contribution in [2.45, 2.75) is 57.4 Å². The molecule has 1 aliphatic carbocycles. The second-order valence-corrected chi connectivity index (χ2v) is 8.32. The van der Waals surface area contributed by atoms with Gasteiger partial charge in [-0.25, -0.2) is 0 Å². The molecule has 1 heterocycles. The lowest BCUT2D eigenvalue weighted by atomic mass is 9.92. The molecule has 2 aliphatic rings. The highest BCUT2D eigenvalue weighted by Gasteiger charge is 2.24. The highest BCUT2D eigenvalue weighted by atomic mass is 35.5. The van der Waals surface area contributed by atoms with E-state index in [9.17, 15) is 9.59 Å². The highest BCUT2D eigenvalue weighted by molar-refractivity contribution is 6.30. The zero-order valence-electron chi connectivity index (χ0n) is 15.9. The average Bonchev–Trinajstić information content (AvgIpc) is 2.64. The second kappa shape index (κ2) is 10.1. The van der Waals surface area contributed by atoms with Crippen LogP contribution in [0.3, 0.4) is 0 Å². The normalized spacial score (nSPS) is 19.6. The van der Waals surface area contributed by atoms with Crippen LogP contribution in [0.1, 0.15) is 51.4 Å². The maximum atomic E-state index is 12.3. The van der Waals surface area contributed by atoms with Crippen molar-refractivity contribution < 1.29 is 9.59 Å². The zero-order valence-corrected chi connectivity index (χ0v) is 16.6. The summed E-state index contributed by atoms with van der Waals surface area (Å²) >= 11 is 5.94. The predicted octanol–water partition coefficient (Wildman–Crippen LogP) is 3.83. The lowest BCUT2D eigenvalue weighted by molar-refractivity contribution is -0.123. The molecule has 0 aromatic heterocycles. The van der Waals surface area contributed by atoms with Crippen molar-refractivity contribution in [3.05, 3.63) is 29.3 Å². The van der Waals surface area contributed by atoms with Gasteiger partial charge in [-0.3, -0.25) is 14.5 Å². The Kier molecular flexibility index (Phi) is 7.53. The van der Waals surface area contributed by atoms with Crippen molar-refractivity contribution in [1.82, 2.24) is 10.2 Å². The van der Waals surface area contributed by atoms with E-state index in [1.807, 2.05) is 12.1 Å². The summed E-state index contributed by atoms with van der Waals surface area (Å²) in [4.78, 5) is 26.6. The van der Waals surface area contributed by atoms with Gasteiger partial charge in [-0.2, -0.15) is 0 Å². The molecule has 5 nitrogen and oxygen atoms in total. The minimum absolute atomic E-state index is 0.0224. The van der Waals surface area contributed by atoms with Crippen molar-refractivity contribution in [2.24, 2.45) is 5.92 Å². The number of piperidine rings is 1. The molecule has 3 rings (SSSR count). The molecule has 27 heavy (non-hydrogen) atoms. The van der Waals surface area contributed by atoms with Crippen molar-refractivity contribution >= 4 is 29.1 Å². The standard InChI is InChI=1S/C21H30ClN3O2/c22-17-5-4-8-19(14-17)24-21(27)15-25-11-9-16(10-12-25)13-20(26)23-18-6-2-1-3-7-18/h4-5,8,14,16,18H,1-3,6-7,9-13,15H2,(H,23,26)(H,24,27). The smallest absolute Gasteiger partial charge is 0.238 e. The number of nitrogens with zero attached hydrogens (tertiary/aromatic N) is 1. The van der Waals surface area contributed by atoms with Crippen LogP contribution in [0.25, 0.3) is 0 Å². The number of rotatable bonds is 6. The lowest BCUT2D eigenvalue weighted by Crippen LogP contribution is -2.41. The Morgan fingerprint density at radius 2 is 1.78 bits per heavy atom. The van der Waals surface area contributed by atoms with E-state index in [1.165, 1.54) is 19.3 Å². The third-order valence-electron chi connectivity index (χ3n) is 5.63. The molecule has 6 heteroatoms. The molecule has 0 spiro atoms. The Labute approximate surface area is 166 Å². The minimum atomic E-state index is -0.0224. The van der Waals surface area contributed by atoms with Gasteiger partial charge in [0.05, 0.1) is 6.54 Å². The Bertz CT molecular complexity index is 638. The van der Waals surface area contributed by atoms with Crippen LogP contribution in [0.2, 0.25) is 5.02 Å². The quantitative estimate of drug-likeness (QED) is 0.774. The van der Waals surface area contributed by atoms with Crippen LogP contribution in [0, 0.1) is 5.92 Å². The molecule has 1 saturated heterocycles.